The number of β-amino-alcohol motifs (C(OH)–C–C–N with tert-alkyl or cyclic N) is 1. The third-order valence-electron chi connectivity index (χ3n) is 4.10. The summed E-state index contributed by atoms with van der Waals surface area (Å²) in [6.07, 6.45) is 0. The molecular weight excluding hydrogens is 332 g/mol. The average molecular weight is 359 g/mol. The number of aliphatic hydroxyl groups is 1. The molecule has 0 aliphatic carbocycles. The Morgan fingerprint density at radius 1 is 1.38 bits per heavy atom. The highest BCUT2D eigenvalue weighted by Gasteiger charge is 2.27. The van der Waals surface area contributed by atoms with Crippen LogP contribution >= 0.6 is 0 Å². The summed E-state index contributed by atoms with van der Waals surface area (Å²) in [5.41, 5.74) is 9.56. The lowest BCUT2D eigenvalue weighted by atomic mass is 10.2. The Morgan fingerprint density at radius 2 is 2.08 bits per heavy atom. The van der Waals surface area contributed by atoms with Gasteiger partial charge < -0.3 is 15.3 Å². The Labute approximate surface area is 153 Å². The van der Waals surface area contributed by atoms with E-state index in [2.05, 4.69) is 34.2 Å². The highest BCUT2D eigenvalue weighted by atomic mass is 16.3. The van der Waals surface area contributed by atoms with Gasteiger partial charge in [0.25, 0.3) is 0 Å². The third-order valence-corrected chi connectivity index (χ3v) is 4.10. The number of carbonyl (C=O) groups excluding carboxylic acids is 1. The third kappa shape index (κ3) is 4.26. The quantitative estimate of drug-likeness (QED) is 0.638. The summed E-state index contributed by atoms with van der Waals surface area (Å²) in [5.74, 6) is 0.219. The lowest BCUT2D eigenvalue weighted by molar-refractivity contribution is -0.532. The topological polar surface area (TPSA) is 106 Å². The number of nitrogens with zero attached hydrogens (tertiary/aromatic N) is 4. The van der Waals surface area contributed by atoms with Crippen LogP contribution in [-0.4, -0.2) is 59.2 Å². The van der Waals surface area contributed by atoms with Gasteiger partial charge in [0.1, 0.15) is 12.3 Å². The van der Waals surface area contributed by atoms with Gasteiger partial charge in [0, 0.05) is 25.7 Å². The minimum absolute atomic E-state index is 0.0551. The number of amidine groups is 1. The SMILES string of the molecule is CCN(CC)c1ccc(N=C2C(C)=N[N+](CCO)=C2N)c(NC(C)=O)c1. The number of hydrogen-bond acceptors (Lipinski definition) is 6. The summed E-state index contributed by atoms with van der Waals surface area (Å²) in [7, 11) is 0. The van der Waals surface area contributed by atoms with Gasteiger partial charge in [0.15, 0.2) is 5.71 Å². The molecule has 1 aromatic rings. The number of carbonyl (C=O) groups is 1. The van der Waals surface area contributed by atoms with Gasteiger partial charge >= 0.3 is 5.84 Å². The van der Waals surface area contributed by atoms with Gasteiger partial charge in [0.2, 0.25) is 5.91 Å². The van der Waals surface area contributed by atoms with Crippen LogP contribution < -0.4 is 16.0 Å². The van der Waals surface area contributed by atoms with Crippen molar-refractivity contribution in [3.8, 4) is 0 Å². The molecule has 1 aliphatic heterocycles. The highest BCUT2D eigenvalue weighted by molar-refractivity contribution is 6.67. The van der Waals surface area contributed by atoms with Crippen LogP contribution in [0, 0.1) is 0 Å². The molecule has 0 bridgehead atoms. The Balaban J connectivity index is 2.48. The van der Waals surface area contributed by atoms with E-state index < -0.39 is 0 Å². The van der Waals surface area contributed by atoms with Gasteiger partial charge in [-0.25, -0.2) is 4.99 Å². The van der Waals surface area contributed by atoms with Crippen LogP contribution in [0.25, 0.3) is 0 Å². The fourth-order valence-corrected chi connectivity index (χ4v) is 2.81. The smallest absolute Gasteiger partial charge is 0.321 e. The van der Waals surface area contributed by atoms with Crippen molar-refractivity contribution in [1.29, 1.82) is 0 Å². The Morgan fingerprint density at radius 3 is 2.65 bits per heavy atom. The summed E-state index contributed by atoms with van der Waals surface area (Å²) >= 11 is 0. The van der Waals surface area contributed by atoms with Crippen molar-refractivity contribution in [1.82, 2.24) is 0 Å². The van der Waals surface area contributed by atoms with Crippen molar-refractivity contribution < 1.29 is 14.6 Å². The van der Waals surface area contributed by atoms with Crippen molar-refractivity contribution in [2.75, 3.05) is 36.5 Å². The molecule has 2 rings (SSSR count). The largest absolute Gasteiger partial charge is 0.392 e. The van der Waals surface area contributed by atoms with Crippen molar-refractivity contribution in [2.24, 2.45) is 15.8 Å². The predicted octanol–water partition coefficient (Wildman–Crippen LogP) is 1.32. The molecule has 0 saturated heterocycles. The normalized spacial score (nSPS) is 15.4. The molecule has 4 N–H and O–H groups in total. The fraction of sp³-hybridized carbons (Fsp3) is 0.444. The second-order valence-corrected chi connectivity index (χ2v) is 5.93. The van der Waals surface area contributed by atoms with E-state index in [-0.39, 0.29) is 12.5 Å². The molecule has 26 heavy (non-hydrogen) atoms. The van der Waals surface area contributed by atoms with E-state index in [0.717, 1.165) is 18.8 Å². The van der Waals surface area contributed by atoms with E-state index in [1.165, 1.54) is 11.6 Å². The molecule has 140 valence electrons. The molecule has 8 heteroatoms. The second-order valence-electron chi connectivity index (χ2n) is 5.93. The minimum Gasteiger partial charge on any atom is -0.392 e. The van der Waals surface area contributed by atoms with Crippen LogP contribution in [0.5, 0.6) is 0 Å². The number of nitrogens with one attached hydrogen (secondary N) is 1. The molecule has 0 atom stereocenters. The van der Waals surface area contributed by atoms with Gasteiger partial charge in [-0.15, -0.1) is 4.68 Å². The van der Waals surface area contributed by atoms with E-state index >= 15 is 0 Å². The van der Waals surface area contributed by atoms with Crippen LogP contribution in [0.2, 0.25) is 0 Å². The van der Waals surface area contributed by atoms with Gasteiger partial charge in [-0.3, -0.25) is 10.5 Å². The summed E-state index contributed by atoms with van der Waals surface area (Å²) < 4.78 is 1.52. The van der Waals surface area contributed by atoms with Gasteiger partial charge in [-0.1, -0.05) is 5.10 Å². The Kier molecular flexibility index (Phi) is 6.46. The molecule has 0 fully saturated rings. The molecule has 0 aromatic heterocycles. The zero-order valence-corrected chi connectivity index (χ0v) is 15.8. The summed E-state index contributed by atoms with van der Waals surface area (Å²) in [5, 5.41) is 16.2. The lowest BCUT2D eigenvalue weighted by Gasteiger charge is -2.22. The number of hydrazone groups is 1. The molecule has 1 aromatic carbocycles. The van der Waals surface area contributed by atoms with Crippen LogP contribution in [0.3, 0.4) is 0 Å². The lowest BCUT2D eigenvalue weighted by Crippen LogP contribution is -2.31. The van der Waals surface area contributed by atoms with Crippen molar-refractivity contribution in [3.63, 3.8) is 0 Å². The summed E-state index contributed by atoms with van der Waals surface area (Å²) in [6, 6.07) is 5.75. The second kappa shape index (κ2) is 8.57. The monoisotopic (exact) mass is 359 g/mol. The van der Waals surface area contributed by atoms with E-state index in [4.69, 9.17) is 10.8 Å². The molecular formula is C18H27N6O2+. The van der Waals surface area contributed by atoms with E-state index in [0.29, 0.717) is 35.2 Å². The molecule has 1 heterocycles. The first-order valence-corrected chi connectivity index (χ1v) is 8.73. The van der Waals surface area contributed by atoms with Gasteiger partial charge in [0.05, 0.1) is 18.0 Å². The molecule has 0 unspecified atom stereocenters. The number of hydrogen-bond donors (Lipinski definition) is 3. The average Bonchev–Trinajstić information content (AvgIpc) is 2.85. The van der Waals surface area contributed by atoms with Crippen molar-refractivity contribution in [2.45, 2.75) is 27.7 Å². The first-order chi connectivity index (χ1) is 12.4. The number of nitrogens with two attached hydrogens (primary N) is 1. The summed E-state index contributed by atoms with van der Waals surface area (Å²) in [4.78, 5) is 18.4. The fourth-order valence-electron chi connectivity index (χ4n) is 2.81. The molecule has 0 spiro atoms. The molecule has 0 saturated carbocycles. The van der Waals surface area contributed by atoms with E-state index in [9.17, 15) is 4.79 Å². The summed E-state index contributed by atoms with van der Waals surface area (Å²) in [6.45, 7) is 9.43. The number of benzene rings is 1. The number of rotatable bonds is 7. The van der Waals surface area contributed by atoms with Crippen LogP contribution in [-0.2, 0) is 4.79 Å². The Bertz CT molecular complexity index is 778. The minimum atomic E-state index is -0.168. The number of aliphatic hydroxyl groups excluding tert-OH is 1. The molecule has 8 nitrogen and oxygen atoms in total. The number of aliphatic imine (C=N–C) groups is 1. The van der Waals surface area contributed by atoms with Crippen molar-refractivity contribution in [3.05, 3.63) is 18.2 Å². The van der Waals surface area contributed by atoms with E-state index in [1.807, 2.05) is 25.1 Å². The predicted molar refractivity (Wildman–Crippen MR) is 106 cm³/mol. The van der Waals surface area contributed by atoms with Gasteiger partial charge in [-0.2, -0.15) is 0 Å². The maximum Gasteiger partial charge on any atom is 0.321 e. The maximum atomic E-state index is 11.6. The first-order valence-electron chi connectivity index (χ1n) is 8.73. The molecule has 1 aliphatic rings. The standard InChI is InChI=1S/C18H26N6O2/c1-5-23(6-2)14-7-8-15(16(11-14)20-13(4)26)21-17-12(3)22-24(9-10-25)18(17)19/h7-8,11,25H,5-6,9-10H2,1-4H3,(H2,19,20,22,26)/p+1. The molecule has 0 radical (unpaired) electrons. The molecule has 1 amide bonds. The number of amides is 1. The zero-order chi connectivity index (χ0) is 19.3. The maximum absolute atomic E-state index is 11.6. The van der Waals surface area contributed by atoms with Crippen molar-refractivity contribution >= 4 is 40.2 Å². The zero-order valence-electron chi connectivity index (χ0n) is 15.8. The van der Waals surface area contributed by atoms with Crippen LogP contribution in [0.1, 0.15) is 27.7 Å². The number of anilines is 2. The highest BCUT2D eigenvalue weighted by Crippen LogP contribution is 2.31. The van der Waals surface area contributed by atoms with Gasteiger partial charge in [-0.05, 0) is 39.0 Å². The van der Waals surface area contributed by atoms with E-state index in [1.54, 1.807) is 0 Å². The first kappa shape index (κ1) is 19.6. The van der Waals surface area contributed by atoms with Crippen LogP contribution in [0.4, 0.5) is 17.1 Å². The van der Waals surface area contributed by atoms with Crippen LogP contribution in [0.15, 0.2) is 28.3 Å². The Hall–Kier alpha value is -2.74.